The Morgan fingerprint density at radius 2 is 2.22 bits per heavy atom. The summed E-state index contributed by atoms with van der Waals surface area (Å²) >= 11 is 6.22. The number of aromatic nitrogens is 2. The van der Waals surface area contributed by atoms with E-state index in [9.17, 15) is 0 Å². The molecule has 0 aromatic carbocycles. The lowest BCUT2D eigenvalue weighted by Crippen LogP contribution is -2.21. The van der Waals surface area contributed by atoms with E-state index in [0.29, 0.717) is 5.02 Å². The van der Waals surface area contributed by atoms with Gasteiger partial charge in [-0.15, -0.1) is 0 Å². The second-order valence-electron chi connectivity index (χ2n) is 4.07. The van der Waals surface area contributed by atoms with Crippen LogP contribution in [0.2, 0.25) is 5.02 Å². The van der Waals surface area contributed by atoms with E-state index in [0.717, 1.165) is 30.2 Å². The molecule has 0 saturated carbocycles. The molecule has 2 rings (SSSR count). The van der Waals surface area contributed by atoms with Crippen LogP contribution in [0, 0.1) is 0 Å². The van der Waals surface area contributed by atoms with Gasteiger partial charge in [0.2, 0.25) is 0 Å². The smallest absolute Gasteiger partial charge is 0.127 e. The maximum absolute atomic E-state index is 6.22. The van der Waals surface area contributed by atoms with Crippen LogP contribution in [0.1, 0.15) is 37.1 Å². The molecule has 0 radical (unpaired) electrons. The topological polar surface area (TPSA) is 43.0 Å². The number of hydrogen-bond acceptors (Lipinski definition) is 3. The molecule has 0 amide bonds. The van der Waals surface area contributed by atoms with Gasteiger partial charge in [0, 0.05) is 13.0 Å². The second-order valence-corrected chi connectivity index (χ2v) is 4.48. The van der Waals surface area contributed by atoms with Gasteiger partial charge in [0.1, 0.15) is 17.6 Å². The van der Waals surface area contributed by atoms with Crippen LogP contribution in [0.4, 0.5) is 0 Å². The molecule has 1 unspecified atom stereocenters. The average molecular weight is 268 g/mol. The predicted octanol–water partition coefficient (Wildman–Crippen LogP) is 3.02. The third kappa shape index (κ3) is 2.31. The zero-order valence-electron chi connectivity index (χ0n) is 10.9. The molecule has 0 bridgehead atoms. The van der Waals surface area contributed by atoms with Crippen LogP contribution in [-0.4, -0.2) is 16.8 Å². The molecule has 5 heteroatoms. The number of nitrogens with one attached hydrogen (secondary N) is 1. The van der Waals surface area contributed by atoms with Crippen molar-refractivity contribution < 1.29 is 4.42 Å². The molecule has 18 heavy (non-hydrogen) atoms. The molecule has 0 fully saturated rings. The highest BCUT2D eigenvalue weighted by Gasteiger charge is 2.23. The van der Waals surface area contributed by atoms with Crippen molar-refractivity contribution in [1.29, 1.82) is 0 Å². The third-order valence-electron chi connectivity index (χ3n) is 3.01. The second kappa shape index (κ2) is 5.59. The lowest BCUT2D eigenvalue weighted by atomic mass is 10.1. The molecule has 0 aliphatic heterocycles. The lowest BCUT2D eigenvalue weighted by molar-refractivity contribution is 0.420. The standard InChI is InChI=1S/C13H18ClN3O/c1-4-9-6-7-11(18-9)12(15-3)13-10(14)8-16-17(13)5-2/h6-8,12,15H,4-5H2,1-3H3. The summed E-state index contributed by atoms with van der Waals surface area (Å²) in [6.45, 7) is 4.89. The molecular formula is C13H18ClN3O. The van der Waals surface area contributed by atoms with Gasteiger partial charge in [-0.25, -0.2) is 0 Å². The summed E-state index contributed by atoms with van der Waals surface area (Å²) in [5.41, 5.74) is 0.943. The van der Waals surface area contributed by atoms with E-state index in [2.05, 4.69) is 17.3 Å². The van der Waals surface area contributed by atoms with Crippen LogP contribution in [0.25, 0.3) is 0 Å². The quantitative estimate of drug-likeness (QED) is 0.906. The van der Waals surface area contributed by atoms with Crippen LogP contribution in [-0.2, 0) is 13.0 Å². The highest BCUT2D eigenvalue weighted by molar-refractivity contribution is 6.31. The Morgan fingerprint density at radius 1 is 1.44 bits per heavy atom. The van der Waals surface area contributed by atoms with Crippen molar-refractivity contribution in [3.63, 3.8) is 0 Å². The van der Waals surface area contributed by atoms with Crippen molar-refractivity contribution >= 4 is 11.6 Å². The summed E-state index contributed by atoms with van der Waals surface area (Å²) in [5, 5.41) is 8.15. The molecule has 1 N–H and O–H groups in total. The van der Waals surface area contributed by atoms with Crippen LogP contribution in [0.5, 0.6) is 0 Å². The minimum atomic E-state index is -0.0692. The Kier molecular flexibility index (Phi) is 4.09. The Balaban J connectivity index is 2.41. The number of furan rings is 1. The van der Waals surface area contributed by atoms with E-state index < -0.39 is 0 Å². The molecule has 2 aromatic rings. The summed E-state index contributed by atoms with van der Waals surface area (Å²) < 4.78 is 7.69. The number of halogens is 1. The van der Waals surface area contributed by atoms with Gasteiger partial charge >= 0.3 is 0 Å². The first-order valence-electron chi connectivity index (χ1n) is 6.18. The van der Waals surface area contributed by atoms with Crippen molar-refractivity contribution in [3.8, 4) is 0 Å². The molecule has 4 nitrogen and oxygen atoms in total. The molecular weight excluding hydrogens is 250 g/mol. The monoisotopic (exact) mass is 267 g/mol. The summed E-state index contributed by atoms with van der Waals surface area (Å²) in [7, 11) is 1.89. The zero-order valence-corrected chi connectivity index (χ0v) is 11.7. The van der Waals surface area contributed by atoms with Crippen LogP contribution in [0.15, 0.2) is 22.7 Å². The van der Waals surface area contributed by atoms with Gasteiger partial charge in [0.05, 0.1) is 16.9 Å². The van der Waals surface area contributed by atoms with Gasteiger partial charge in [-0.2, -0.15) is 5.10 Å². The molecule has 0 saturated heterocycles. The minimum absolute atomic E-state index is 0.0692. The van der Waals surface area contributed by atoms with Gasteiger partial charge in [-0.05, 0) is 26.1 Å². The average Bonchev–Trinajstić information content (AvgIpc) is 2.99. The molecule has 0 aliphatic carbocycles. The molecule has 98 valence electrons. The van der Waals surface area contributed by atoms with Gasteiger partial charge in [-0.1, -0.05) is 18.5 Å². The minimum Gasteiger partial charge on any atom is -0.464 e. The van der Waals surface area contributed by atoms with Gasteiger partial charge < -0.3 is 9.73 Å². The van der Waals surface area contributed by atoms with E-state index in [4.69, 9.17) is 16.0 Å². The van der Waals surface area contributed by atoms with E-state index in [-0.39, 0.29) is 6.04 Å². The molecule has 1 atom stereocenters. The number of hydrogen-bond donors (Lipinski definition) is 1. The fraction of sp³-hybridized carbons (Fsp3) is 0.462. The summed E-state index contributed by atoms with van der Waals surface area (Å²) in [6.07, 6.45) is 2.56. The maximum Gasteiger partial charge on any atom is 0.127 e. The predicted molar refractivity (Wildman–Crippen MR) is 71.9 cm³/mol. The first-order chi connectivity index (χ1) is 8.71. The Labute approximate surface area is 112 Å². The van der Waals surface area contributed by atoms with E-state index >= 15 is 0 Å². The molecule has 2 heterocycles. The van der Waals surface area contributed by atoms with Gasteiger partial charge in [-0.3, -0.25) is 4.68 Å². The SMILES string of the molecule is CCc1ccc(C(NC)c2c(Cl)cnn2CC)o1. The Morgan fingerprint density at radius 3 is 2.78 bits per heavy atom. The van der Waals surface area contributed by atoms with E-state index in [1.54, 1.807) is 6.20 Å². The van der Waals surface area contributed by atoms with Crippen molar-refractivity contribution in [2.24, 2.45) is 0 Å². The largest absolute Gasteiger partial charge is 0.464 e. The highest BCUT2D eigenvalue weighted by Crippen LogP contribution is 2.29. The van der Waals surface area contributed by atoms with Crippen molar-refractivity contribution in [1.82, 2.24) is 15.1 Å². The zero-order chi connectivity index (χ0) is 13.1. The maximum atomic E-state index is 6.22. The molecule has 2 aromatic heterocycles. The van der Waals surface area contributed by atoms with Crippen LogP contribution >= 0.6 is 11.6 Å². The third-order valence-corrected chi connectivity index (χ3v) is 3.30. The van der Waals surface area contributed by atoms with Crippen LogP contribution in [0.3, 0.4) is 0 Å². The number of rotatable bonds is 5. The molecule has 0 aliphatic rings. The number of aryl methyl sites for hydroxylation is 2. The van der Waals surface area contributed by atoms with E-state index in [1.807, 2.05) is 30.8 Å². The first kappa shape index (κ1) is 13.2. The fourth-order valence-corrected chi connectivity index (χ4v) is 2.31. The molecule has 0 spiro atoms. The summed E-state index contributed by atoms with van der Waals surface area (Å²) in [6, 6.07) is 3.92. The fourth-order valence-electron chi connectivity index (χ4n) is 2.06. The summed E-state index contributed by atoms with van der Waals surface area (Å²) in [4.78, 5) is 0. The van der Waals surface area contributed by atoms with Crippen molar-refractivity contribution in [2.75, 3.05) is 7.05 Å². The van der Waals surface area contributed by atoms with E-state index in [1.165, 1.54) is 0 Å². The van der Waals surface area contributed by atoms with Gasteiger partial charge in [0.15, 0.2) is 0 Å². The van der Waals surface area contributed by atoms with Crippen LogP contribution < -0.4 is 5.32 Å². The van der Waals surface area contributed by atoms with Gasteiger partial charge in [0.25, 0.3) is 0 Å². The lowest BCUT2D eigenvalue weighted by Gasteiger charge is -2.16. The highest BCUT2D eigenvalue weighted by atomic mass is 35.5. The summed E-state index contributed by atoms with van der Waals surface area (Å²) in [5.74, 6) is 1.84. The first-order valence-corrected chi connectivity index (χ1v) is 6.56. The Hall–Kier alpha value is -1.26. The normalized spacial score (nSPS) is 12.9. The van der Waals surface area contributed by atoms with Crippen molar-refractivity contribution in [2.45, 2.75) is 32.9 Å². The Bertz CT molecular complexity index is 518. The number of nitrogens with zero attached hydrogens (tertiary/aromatic N) is 2. The van der Waals surface area contributed by atoms with Crippen molar-refractivity contribution in [3.05, 3.63) is 40.6 Å².